The van der Waals surface area contributed by atoms with Crippen LogP contribution in [0.1, 0.15) is 56.6 Å². The zero-order valence-electron chi connectivity index (χ0n) is 21.7. The second-order valence-corrected chi connectivity index (χ2v) is 10.1. The molecule has 0 aliphatic carbocycles. The van der Waals surface area contributed by atoms with Gasteiger partial charge < -0.3 is 0 Å². The minimum Gasteiger partial charge on any atom is -0.221 e. The SMILES string of the molecule is Cc1cc(C)c(N2C=[N+](c3c(C)cc(C)cc3C)C(c3ccccc3)[C@H]2c2ccccc2)c(C)c1. The monoisotopic (exact) mass is 459 g/mol. The molecule has 0 amide bonds. The molecule has 5 rings (SSSR count). The molecule has 0 radical (unpaired) electrons. The van der Waals surface area contributed by atoms with Gasteiger partial charge in [0.1, 0.15) is 11.4 Å². The molecule has 35 heavy (non-hydrogen) atoms. The predicted molar refractivity (Wildman–Crippen MR) is 148 cm³/mol. The van der Waals surface area contributed by atoms with E-state index in [4.69, 9.17) is 0 Å². The van der Waals surface area contributed by atoms with Crippen LogP contribution in [0.3, 0.4) is 0 Å². The van der Waals surface area contributed by atoms with E-state index in [1.54, 1.807) is 0 Å². The lowest BCUT2D eigenvalue weighted by molar-refractivity contribution is -0.482. The standard InChI is InChI=1S/C33H35N2/c1-22-17-24(3)30(25(4)18-22)34-21-35(31-26(5)19-23(2)20-27(31)6)33(29-15-11-8-12-16-29)32(34)28-13-9-7-10-14-28/h7-21,32-33H,1-6H3/q+1/t32-,33?/m1/s1. The molecule has 0 N–H and O–H groups in total. The van der Waals surface area contributed by atoms with E-state index in [2.05, 4.69) is 142 Å². The van der Waals surface area contributed by atoms with Crippen LogP contribution in [0.25, 0.3) is 0 Å². The van der Waals surface area contributed by atoms with Crippen molar-refractivity contribution in [3.63, 3.8) is 0 Å². The van der Waals surface area contributed by atoms with Gasteiger partial charge >= 0.3 is 0 Å². The van der Waals surface area contributed by atoms with Gasteiger partial charge in [0.25, 0.3) is 0 Å². The molecule has 0 spiro atoms. The van der Waals surface area contributed by atoms with E-state index in [0.29, 0.717) is 0 Å². The Morgan fingerprint density at radius 1 is 0.571 bits per heavy atom. The van der Waals surface area contributed by atoms with E-state index in [1.807, 2.05) is 0 Å². The Kier molecular flexibility index (Phi) is 6.06. The second kappa shape index (κ2) is 9.19. The Bertz CT molecular complexity index is 1350. The van der Waals surface area contributed by atoms with Crippen LogP contribution in [-0.4, -0.2) is 10.9 Å². The van der Waals surface area contributed by atoms with Crippen molar-refractivity contribution in [2.75, 3.05) is 4.90 Å². The van der Waals surface area contributed by atoms with E-state index < -0.39 is 0 Å². The van der Waals surface area contributed by atoms with Gasteiger partial charge in [-0.3, -0.25) is 0 Å². The summed E-state index contributed by atoms with van der Waals surface area (Å²) in [6, 6.07) is 31.5. The van der Waals surface area contributed by atoms with Gasteiger partial charge in [0.2, 0.25) is 6.34 Å². The first-order chi connectivity index (χ1) is 16.8. The van der Waals surface area contributed by atoms with Gasteiger partial charge in [-0.15, -0.1) is 0 Å². The van der Waals surface area contributed by atoms with E-state index in [0.717, 1.165) is 0 Å². The highest BCUT2D eigenvalue weighted by Gasteiger charge is 2.47. The van der Waals surface area contributed by atoms with Crippen molar-refractivity contribution in [2.45, 2.75) is 53.6 Å². The summed E-state index contributed by atoms with van der Waals surface area (Å²) in [5.74, 6) is 0. The molecule has 0 saturated carbocycles. The third kappa shape index (κ3) is 4.18. The van der Waals surface area contributed by atoms with Crippen LogP contribution in [0.5, 0.6) is 0 Å². The largest absolute Gasteiger partial charge is 0.245 e. The van der Waals surface area contributed by atoms with Gasteiger partial charge in [0.05, 0.1) is 0 Å². The van der Waals surface area contributed by atoms with Crippen molar-refractivity contribution in [2.24, 2.45) is 0 Å². The Morgan fingerprint density at radius 2 is 1.03 bits per heavy atom. The number of anilines is 1. The van der Waals surface area contributed by atoms with Crippen molar-refractivity contribution in [1.82, 2.24) is 0 Å². The van der Waals surface area contributed by atoms with Crippen LogP contribution in [0.15, 0.2) is 84.9 Å². The fourth-order valence-corrected chi connectivity index (χ4v) is 6.12. The second-order valence-electron chi connectivity index (χ2n) is 10.1. The van der Waals surface area contributed by atoms with Gasteiger partial charge in [-0.1, -0.05) is 96.1 Å². The fourth-order valence-electron chi connectivity index (χ4n) is 6.12. The van der Waals surface area contributed by atoms with Gasteiger partial charge in [-0.2, -0.15) is 0 Å². The molecule has 1 heterocycles. The summed E-state index contributed by atoms with van der Waals surface area (Å²) in [4.78, 5) is 2.52. The van der Waals surface area contributed by atoms with Gasteiger partial charge in [0, 0.05) is 11.1 Å². The zero-order chi connectivity index (χ0) is 24.7. The summed E-state index contributed by atoms with van der Waals surface area (Å²) in [5.41, 5.74) is 13.1. The molecule has 2 heteroatoms. The van der Waals surface area contributed by atoms with Gasteiger partial charge in [-0.05, 0) is 63.8 Å². The number of hydrogen-bond acceptors (Lipinski definition) is 1. The number of rotatable bonds is 4. The summed E-state index contributed by atoms with van der Waals surface area (Å²) in [6.45, 7) is 13.3. The molecule has 0 fully saturated rings. The van der Waals surface area contributed by atoms with E-state index in [-0.39, 0.29) is 12.1 Å². The number of hydrogen-bond donors (Lipinski definition) is 0. The Morgan fingerprint density at radius 3 is 1.54 bits per heavy atom. The lowest BCUT2D eigenvalue weighted by Gasteiger charge is -2.26. The first kappa shape index (κ1) is 23.1. The predicted octanol–water partition coefficient (Wildman–Crippen LogP) is 8.21. The molecule has 1 aliphatic heterocycles. The third-order valence-electron chi connectivity index (χ3n) is 7.22. The molecule has 1 unspecified atom stereocenters. The highest BCUT2D eigenvalue weighted by molar-refractivity contribution is 5.84. The average molecular weight is 460 g/mol. The van der Waals surface area contributed by atoms with Crippen molar-refractivity contribution >= 4 is 17.7 Å². The maximum Gasteiger partial charge on any atom is 0.245 e. The topological polar surface area (TPSA) is 6.25 Å². The van der Waals surface area contributed by atoms with Crippen molar-refractivity contribution in [3.05, 3.63) is 129 Å². The molecule has 176 valence electrons. The number of nitrogens with zero attached hydrogens (tertiary/aromatic N) is 2. The van der Waals surface area contributed by atoms with Crippen molar-refractivity contribution in [1.29, 1.82) is 0 Å². The van der Waals surface area contributed by atoms with Crippen molar-refractivity contribution in [3.8, 4) is 0 Å². The quantitative estimate of drug-likeness (QED) is 0.279. The molecule has 2 nitrogen and oxygen atoms in total. The normalized spacial score (nSPS) is 17.5. The lowest BCUT2D eigenvalue weighted by Crippen LogP contribution is -2.27. The molecule has 2 atom stereocenters. The maximum absolute atomic E-state index is 2.52. The molecular weight excluding hydrogens is 424 g/mol. The van der Waals surface area contributed by atoms with Crippen LogP contribution in [-0.2, 0) is 0 Å². The molecule has 4 aromatic carbocycles. The summed E-state index contributed by atoms with van der Waals surface area (Å²) in [5, 5.41) is 0. The molecule has 0 saturated heterocycles. The summed E-state index contributed by atoms with van der Waals surface area (Å²) < 4.78 is 2.52. The molecular formula is C33H35N2+. The molecule has 1 aliphatic rings. The summed E-state index contributed by atoms with van der Waals surface area (Å²) in [7, 11) is 0. The van der Waals surface area contributed by atoms with Gasteiger partial charge in [0.15, 0.2) is 12.1 Å². The molecule has 0 bridgehead atoms. The zero-order valence-corrected chi connectivity index (χ0v) is 21.7. The van der Waals surface area contributed by atoms with E-state index >= 15 is 0 Å². The van der Waals surface area contributed by atoms with E-state index in [9.17, 15) is 0 Å². The Hall–Kier alpha value is -3.65. The van der Waals surface area contributed by atoms with Crippen LogP contribution < -0.4 is 4.90 Å². The summed E-state index contributed by atoms with van der Waals surface area (Å²) in [6.07, 6.45) is 2.37. The fraction of sp³-hybridized carbons (Fsp3) is 0.242. The first-order valence-corrected chi connectivity index (χ1v) is 12.5. The van der Waals surface area contributed by atoms with Crippen LogP contribution in [0, 0.1) is 41.5 Å². The molecule has 0 aromatic heterocycles. The van der Waals surface area contributed by atoms with Crippen LogP contribution in [0.2, 0.25) is 0 Å². The third-order valence-corrected chi connectivity index (χ3v) is 7.22. The number of benzene rings is 4. The minimum atomic E-state index is 0.138. The Balaban J connectivity index is 1.82. The lowest BCUT2D eigenvalue weighted by atomic mass is 9.91. The van der Waals surface area contributed by atoms with E-state index in [1.165, 1.54) is 55.9 Å². The van der Waals surface area contributed by atoms with Crippen LogP contribution >= 0.6 is 0 Å². The first-order valence-electron chi connectivity index (χ1n) is 12.5. The maximum atomic E-state index is 2.52. The highest BCUT2D eigenvalue weighted by atomic mass is 15.3. The van der Waals surface area contributed by atoms with Crippen LogP contribution in [0.4, 0.5) is 11.4 Å². The van der Waals surface area contributed by atoms with Gasteiger partial charge in [-0.25, -0.2) is 9.48 Å². The Labute approximate surface area is 210 Å². The smallest absolute Gasteiger partial charge is 0.221 e. The highest BCUT2D eigenvalue weighted by Crippen LogP contribution is 2.47. The molecule has 4 aromatic rings. The minimum absolute atomic E-state index is 0.138. The van der Waals surface area contributed by atoms with Crippen molar-refractivity contribution < 1.29 is 4.58 Å². The summed E-state index contributed by atoms with van der Waals surface area (Å²) >= 11 is 0. The average Bonchev–Trinajstić information content (AvgIpc) is 3.18. The number of aryl methyl sites for hydroxylation is 6.